The minimum atomic E-state index is -0.439. The minimum absolute atomic E-state index is 0.208. The van der Waals surface area contributed by atoms with Gasteiger partial charge in [0.1, 0.15) is 0 Å². The second-order valence-electron chi connectivity index (χ2n) is 2.76. The molecule has 0 radical (unpaired) electrons. The molecular formula is C9H17NO3. The Balaban J connectivity index is 3.54. The van der Waals surface area contributed by atoms with Gasteiger partial charge in [-0.15, -0.1) is 0 Å². The van der Waals surface area contributed by atoms with E-state index in [4.69, 9.17) is 15.2 Å². The quantitative estimate of drug-likeness (QED) is 0.474. The SMILES string of the molecule is C=C(CCCC(OC)OC)C(N)=O. The molecule has 0 saturated carbocycles. The van der Waals surface area contributed by atoms with Crippen molar-refractivity contribution < 1.29 is 14.3 Å². The molecule has 0 atom stereocenters. The van der Waals surface area contributed by atoms with Gasteiger partial charge in [-0.3, -0.25) is 4.79 Å². The molecule has 0 aliphatic carbocycles. The van der Waals surface area contributed by atoms with Crippen LogP contribution in [0.15, 0.2) is 12.2 Å². The van der Waals surface area contributed by atoms with Gasteiger partial charge < -0.3 is 15.2 Å². The van der Waals surface area contributed by atoms with E-state index in [0.717, 1.165) is 12.8 Å². The van der Waals surface area contributed by atoms with Gasteiger partial charge in [-0.2, -0.15) is 0 Å². The van der Waals surface area contributed by atoms with Crippen LogP contribution >= 0.6 is 0 Å². The molecule has 13 heavy (non-hydrogen) atoms. The number of nitrogens with two attached hydrogens (primary N) is 1. The van der Waals surface area contributed by atoms with Gasteiger partial charge in [-0.25, -0.2) is 0 Å². The zero-order valence-corrected chi connectivity index (χ0v) is 8.21. The first-order chi connectivity index (χ1) is 6.11. The number of ether oxygens (including phenoxy) is 2. The van der Waals surface area contributed by atoms with Crippen LogP contribution in [0.1, 0.15) is 19.3 Å². The van der Waals surface area contributed by atoms with E-state index in [0.29, 0.717) is 12.0 Å². The summed E-state index contributed by atoms with van der Waals surface area (Å²) < 4.78 is 9.95. The highest BCUT2D eigenvalue weighted by Gasteiger charge is 2.06. The fourth-order valence-corrected chi connectivity index (χ4v) is 0.937. The zero-order chi connectivity index (χ0) is 10.3. The molecule has 0 saturated heterocycles. The largest absolute Gasteiger partial charge is 0.366 e. The van der Waals surface area contributed by atoms with Crippen molar-refractivity contribution in [2.24, 2.45) is 5.73 Å². The first-order valence-corrected chi connectivity index (χ1v) is 4.15. The number of hydrogen-bond acceptors (Lipinski definition) is 3. The molecule has 0 aliphatic rings. The number of methoxy groups -OCH3 is 2. The number of hydrogen-bond donors (Lipinski definition) is 1. The molecule has 0 aromatic heterocycles. The maximum atomic E-state index is 10.6. The van der Waals surface area contributed by atoms with Gasteiger partial charge in [0.05, 0.1) is 0 Å². The number of amides is 1. The highest BCUT2D eigenvalue weighted by molar-refractivity contribution is 5.91. The molecule has 4 heteroatoms. The Bertz CT molecular complexity index is 176. The third-order valence-corrected chi connectivity index (χ3v) is 1.79. The van der Waals surface area contributed by atoms with E-state index in [1.165, 1.54) is 0 Å². The van der Waals surface area contributed by atoms with Crippen molar-refractivity contribution in [2.45, 2.75) is 25.6 Å². The summed E-state index contributed by atoms with van der Waals surface area (Å²) in [6, 6.07) is 0. The maximum absolute atomic E-state index is 10.6. The zero-order valence-electron chi connectivity index (χ0n) is 8.21. The summed E-state index contributed by atoms with van der Waals surface area (Å²) in [5.74, 6) is -0.439. The van der Waals surface area contributed by atoms with E-state index in [9.17, 15) is 4.79 Å². The van der Waals surface area contributed by atoms with Crippen molar-refractivity contribution in [1.82, 2.24) is 0 Å². The van der Waals surface area contributed by atoms with Gasteiger partial charge >= 0.3 is 0 Å². The average Bonchev–Trinajstić information content (AvgIpc) is 2.12. The van der Waals surface area contributed by atoms with Gasteiger partial charge in [0.2, 0.25) is 5.91 Å². The van der Waals surface area contributed by atoms with Crippen molar-refractivity contribution in [3.05, 3.63) is 12.2 Å². The lowest BCUT2D eigenvalue weighted by Gasteiger charge is -2.12. The van der Waals surface area contributed by atoms with Crippen LogP contribution in [0.5, 0.6) is 0 Å². The van der Waals surface area contributed by atoms with Crippen LogP contribution in [0.4, 0.5) is 0 Å². The molecule has 0 aromatic rings. The second-order valence-corrected chi connectivity index (χ2v) is 2.76. The number of rotatable bonds is 7. The highest BCUT2D eigenvalue weighted by atomic mass is 16.7. The van der Waals surface area contributed by atoms with Crippen LogP contribution in [0.3, 0.4) is 0 Å². The summed E-state index contributed by atoms with van der Waals surface area (Å²) in [5, 5.41) is 0. The predicted molar refractivity (Wildman–Crippen MR) is 50.0 cm³/mol. The molecule has 4 nitrogen and oxygen atoms in total. The van der Waals surface area contributed by atoms with Crippen LogP contribution in [0.2, 0.25) is 0 Å². The van der Waals surface area contributed by atoms with E-state index in [-0.39, 0.29) is 6.29 Å². The van der Waals surface area contributed by atoms with Crippen LogP contribution in [-0.4, -0.2) is 26.4 Å². The van der Waals surface area contributed by atoms with E-state index in [1.54, 1.807) is 14.2 Å². The molecule has 0 heterocycles. The predicted octanol–water partition coefficient (Wildman–Crippen LogP) is 0.817. The Hall–Kier alpha value is -0.870. The summed E-state index contributed by atoms with van der Waals surface area (Å²) >= 11 is 0. The Morgan fingerprint density at radius 2 is 2.00 bits per heavy atom. The monoisotopic (exact) mass is 187 g/mol. The van der Waals surface area contributed by atoms with Gasteiger partial charge in [-0.05, 0) is 19.3 Å². The van der Waals surface area contributed by atoms with E-state index in [2.05, 4.69) is 6.58 Å². The van der Waals surface area contributed by atoms with Gasteiger partial charge in [0.15, 0.2) is 6.29 Å². The number of carbonyl (C=O) groups excluding carboxylic acids is 1. The molecule has 0 bridgehead atoms. The Labute approximate surface area is 78.7 Å². The molecule has 0 aromatic carbocycles. The van der Waals surface area contributed by atoms with Crippen LogP contribution in [0, 0.1) is 0 Å². The normalized spacial score (nSPS) is 10.4. The first kappa shape index (κ1) is 12.1. The summed E-state index contributed by atoms with van der Waals surface area (Å²) in [4.78, 5) is 10.6. The molecule has 1 amide bonds. The highest BCUT2D eigenvalue weighted by Crippen LogP contribution is 2.08. The third kappa shape index (κ3) is 5.38. The van der Waals surface area contributed by atoms with E-state index in [1.807, 2.05) is 0 Å². The Morgan fingerprint density at radius 1 is 1.46 bits per heavy atom. The summed E-state index contributed by atoms with van der Waals surface area (Å²) in [6.45, 7) is 3.55. The molecule has 2 N–H and O–H groups in total. The number of primary amides is 1. The minimum Gasteiger partial charge on any atom is -0.366 e. The van der Waals surface area contributed by atoms with Crippen molar-refractivity contribution in [3.63, 3.8) is 0 Å². The van der Waals surface area contributed by atoms with Gasteiger partial charge in [0, 0.05) is 19.8 Å². The fraction of sp³-hybridized carbons (Fsp3) is 0.667. The molecule has 0 spiro atoms. The molecule has 0 unspecified atom stereocenters. The van der Waals surface area contributed by atoms with Crippen molar-refractivity contribution in [2.75, 3.05) is 14.2 Å². The van der Waals surface area contributed by atoms with Crippen molar-refractivity contribution in [3.8, 4) is 0 Å². The van der Waals surface area contributed by atoms with E-state index >= 15 is 0 Å². The molecule has 0 fully saturated rings. The Morgan fingerprint density at radius 3 is 2.38 bits per heavy atom. The first-order valence-electron chi connectivity index (χ1n) is 4.15. The third-order valence-electron chi connectivity index (χ3n) is 1.79. The fourth-order valence-electron chi connectivity index (χ4n) is 0.937. The number of carbonyl (C=O) groups is 1. The van der Waals surface area contributed by atoms with E-state index < -0.39 is 5.91 Å². The molecule has 0 aliphatic heterocycles. The standard InChI is InChI=1S/C9H17NO3/c1-7(9(10)11)5-4-6-8(12-2)13-3/h8H,1,4-6H2,2-3H3,(H2,10,11). The lowest BCUT2D eigenvalue weighted by atomic mass is 10.1. The van der Waals surface area contributed by atoms with Gasteiger partial charge in [-0.1, -0.05) is 6.58 Å². The molecular weight excluding hydrogens is 170 g/mol. The van der Waals surface area contributed by atoms with Crippen LogP contribution in [0.25, 0.3) is 0 Å². The average molecular weight is 187 g/mol. The maximum Gasteiger partial charge on any atom is 0.244 e. The smallest absolute Gasteiger partial charge is 0.244 e. The van der Waals surface area contributed by atoms with Gasteiger partial charge in [0.25, 0.3) is 0 Å². The van der Waals surface area contributed by atoms with Crippen molar-refractivity contribution in [1.29, 1.82) is 0 Å². The lowest BCUT2D eigenvalue weighted by Crippen LogP contribution is -2.15. The second kappa shape index (κ2) is 6.62. The van der Waals surface area contributed by atoms with Crippen molar-refractivity contribution >= 4 is 5.91 Å². The summed E-state index contributed by atoms with van der Waals surface area (Å²) in [7, 11) is 3.16. The van der Waals surface area contributed by atoms with Crippen LogP contribution < -0.4 is 5.73 Å². The van der Waals surface area contributed by atoms with Crippen LogP contribution in [-0.2, 0) is 14.3 Å². The summed E-state index contributed by atoms with van der Waals surface area (Å²) in [6.07, 6.45) is 1.91. The lowest BCUT2D eigenvalue weighted by molar-refractivity contribution is -0.115. The Kier molecular flexibility index (Phi) is 6.18. The molecule has 76 valence electrons. The molecule has 0 rings (SSSR count). The topological polar surface area (TPSA) is 61.6 Å². The summed E-state index contributed by atoms with van der Waals surface area (Å²) in [5.41, 5.74) is 5.47.